The van der Waals surface area contributed by atoms with E-state index in [4.69, 9.17) is 4.74 Å². The van der Waals surface area contributed by atoms with E-state index in [2.05, 4.69) is 45.9 Å². The molecule has 148 valence electrons. The van der Waals surface area contributed by atoms with Crippen LogP contribution in [-0.2, 0) is 9.53 Å². The van der Waals surface area contributed by atoms with E-state index in [9.17, 15) is 4.79 Å². The normalized spacial score (nSPS) is 19.3. The molecule has 0 spiro atoms. The Morgan fingerprint density at radius 3 is 2.37 bits per heavy atom. The number of hydrogen-bond acceptors (Lipinski definition) is 2. The fourth-order valence-electron chi connectivity index (χ4n) is 3.26. The third kappa shape index (κ3) is 7.99. The molecule has 0 radical (unpaired) electrons. The molecule has 0 saturated carbocycles. The summed E-state index contributed by atoms with van der Waals surface area (Å²) in [5.41, 5.74) is 6.20. The summed E-state index contributed by atoms with van der Waals surface area (Å²) in [5.74, 6) is -0.262. The molecule has 0 atom stereocenters. The van der Waals surface area contributed by atoms with Crippen molar-refractivity contribution < 1.29 is 9.53 Å². The summed E-state index contributed by atoms with van der Waals surface area (Å²) < 4.78 is 4.97. The molecule has 1 aliphatic carbocycles. The summed E-state index contributed by atoms with van der Waals surface area (Å²) in [5, 5.41) is 0. The standard InChI is InChI=1S/C25H36O2/c1-8-27-24(26)22(5)16-14-19(2)11-9-12-20(3)15-17-23-21(4)13-10-18-25(23,6)7/h9,11-12,14-17H,8,10,13,18H2,1-7H3. The van der Waals surface area contributed by atoms with Crippen LogP contribution < -0.4 is 0 Å². The number of ether oxygens (including phenoxy) is 1. The molecule has 0 aromatic rings. The van der Waals surface area contributed by atoms with Gasteiger partial charge >= 0.3 is 5.97 Å². The zero-order valence-corrected chi connectivity index (χ0v) is 18.2. The first-order chi connectivity index (χ1) is 12.7. The fourth-order valence-corrected chi connectivity index (χ4v) is 3.26. The van der Waals surface area contributed by atoms with Gasteiger partial charge < -0.3 is 4.74 Å². The Morgan fingerprint density at radius 2 is 1.74 bits per heavy atom. The summed E-state index contributed by atoms with van der Waals surface area (Å²) in [4.78, 5) is 11.6. The molecule has 0 unspecified atom stereocenters. The van der Waals surface area contributed by atoms with Gasteiger partial charge in [0.2, 0.25) is 0 Å². The van der Waals surface area contributed by atoms with E-state index in [-0.39, 0.29) is 11.4 Å². The summed E-state index contributed by atoms with van der Waals surface area (Å²) >= 11 is 0. The van der Waals surface area contributed by atoms with Crippen LogP contribution in [0.1, 0.15) is 67.7 Å². The minimum absolute atomic E-state index is 0.262. The van der Waals surface area contributed by atoms with Crippen molar-refractivity contribution in [2.24, 2.45) is 5.41 Å². The smallest absolute Gasteiger partial charge is 0.333 e. The van der Waals surface area contributed by atoms with Crippen molar-refractivity contribution in [1.29, 1.82) is 0 Å². The molecular weight excluding hydrogens is 332 g/mol. The van der Waals surface area contributed by atoms with Crippen LogP contribution >= 0.6 is 0 Å². The molecule has 0 fully saturated rings. The molecule has 2 nitrogen and oxygen atoms in total. The Balaban J connectivity index is 2.74. The average molecular weight is 369 g/mol. The largest absolute Gasteiger partial charge is 0.463 e. The van der Waals surface area contributed by atoms with Crippen molar-refractivity contribution in [1.82, 2.24) is 0 Å². The minimum Gasteiger partial charge on any atom is -0.463 e. The predicted octanol–water partition coefficient (Wildman–Crippen LogP) is 7.03. The third-order valence-electron chi connectivity index (χ3n) is 4.97. The highest BCUT2D eigenvalue weighted by molar-refractivity contribution is 5.88. The van der Waals surface area contributed by atoms with Crippen molar-refractivity contribution in [2.75, 3.05) is 6.61 Å². The Bertz CT molecular complexity index is 707. The number of rotatable bonds is 7. The maximum Gasteiger partial charge on any atom is 0.333 e. The average Bonchev–Trinajstić information content (AvgIpc) is 2.58. The van der Waals surface area contributed by atoms with Crippen molar-refractivity contribution in [2.45, 2.75) is 67.7 Å². The van der Waals surface area contributed by atoms with Gasteiger partial charge in [-0.2, -0.15) is 0 Å². The van der Waals surface area contributed by atoms with Crippen molar-refractivity contribution in [3.05, 3.63) is 70.4 Å². The molecule has 0 saturated heterocycles. The van der Waals surface area contributed by atoms with Crippen LogP contribution in [0.3, 0.4) is 0 Å². The van der Waals surface area contributed by atoms with E-state index in [1.165, 1.54) is 36.0 Å². The van der Waals surface area contributed by atoms with Crippen LogP contribution in [0.2, 0.25) is 0 Å². The van der Waals surface area contributed by atoms with Crippen LogP contribution in [0.5, 0.6) is 0 Å². The first-order valence-corrected chi connectivity index (χ1v) is 9.93. The van der Waals surface area contributed by atoms with Crippen molar-refractivity contribution in [3.63, 3.8) is 0 Å². The first kappa shape index (κ1) is 23.0. The monoisotopic (exact) mass is 368 g/mol. The highest BCUT2D eigenvalue weighted by Gasteiger charge is 2.26. The topological polar surface area (TPSA) is 26.3 Å². The second-order valence-corrected chi connectivity index (χ2v) is 8.02. The Labute approximate surface area is 166 Å². The van der Waals surface area contributed by atoms with Gasteiger partial charge in [-0.15, -0.1) is 0 Å². The Kier molecular flexibility index (Phi) is 9.28. The number of allylic oxidation sites excluding steroid dienone is 11. The zero-order chi connectivity index (χ0) is 20.4. The number of carbonyl (C=O) groups is 1. The van der Waals surface area contributed by atoms with Gasteiger partial charge in [-0.3, -0.25) is 0 Å². The van der Waals surface area contributed by atoms with Gasteiger partial charge in [-0.1, -0.05) is 73.1 Å². The Morgan fingerprint density at radius 1 is 1.07 bits per heavy atom. The molecule has 1 aliphatic rings. The van der Waals surface area contributed by atoms with E-state index in [0.717, 1.165) is 5.57 Å². The molecule has 0 aromatic heterocycles. The van der Waals surface area contributed by atoms with Gasteiger partial charge in [0.15, 0.2) is 0 Å². The second kappa shape index (κ2) is 10.9. The summed E-state index contributed by atoms with van der Waals surface area (Å²) in [6, 6.07) is 0. The molecule has 0 aromatic carbocycles. The van der Waals surface area contributed by atoms with E-state index in [1.807, 2.05) is 32.1 Å². The molecule has 0 aliphatic heterocycles. The maximum absolute atomic E-state index is 11.6. The molecule has 27 heavy (non-hydrogen) atoms. The summed E-state index contributed by atoms with van der Waals surface area (Å²) in [6.45, 7) is 15.1. The molecule has 0 amide bonds. The second-order valence-electron chi connectivity index (χ2n) is 8.02. The number of hydrogen-bond donors (Lipinski definition) is 0. The third-order valence-corrected chi connectivity index (χ3v) is 4.97. The lowest BCUT2D eigenvalue weighted by molar-refractivity contribution is -0.138. The highest BCUT2D eigenvalue weighted by Crippen LogP contribution is 2.40. The number of carbonyl (C=O) groups excluding carboxylic acids is 1. The van der Waals surface area contributed by atoms with Crippen LogP contribution in [-0.4, -0.2) is 12.6 Å². The lowest BCUT2D eigenvalue weighted by atomic mass is 9.72. The molecule has 1 rings (SSSR count). The van der Waals surface area contributed by atoms with Crippen LogP contribution in [0, 0.1) is 5.41 Å². The Hall–Kier alpha value is -2.09. The van der Waals surface area contributed by atoms with Crippen LogP contribution in [0.4, 0.5) is 0 Å². The van der Waals surface area contributed by atoms with Gasteiger partial charge in [0.1, 0.15) is 0 Å². The van der Waals surface area contributed by atoms with Crippen molar-refractivity contribution in [3.8, 4) is 0 Å². The van der Waals surface area contributed by atoms with Gasteiger partial charge in [-0.05, 0) is 64.9 Å². The molecular formula is C25H36O2. The summed E-state index contributed by atoms with van der Waals surface area (Å²) in [6.07, 6.45) is 18.2. The molecule has 0 heterocycles. The van der Waals surface area contributed by atoms with E-state index in [1.54, 1.807) is 13.0 Å². The minimum atomic E-state index is -0.262. The van der Waals surface area contributed by atoms with Crippen molar-refractivity contribution >= 4 is 5.97 Å². The fraction of sp³-hybridized carbons (Fsp3) is 0.480. The molecule has 2 heteroatoms. The SMILES string of the molecule is CCOC(=O)C(C)=CC=C(C)C=CC=C(C)C=CC1=C(C)CCCC1(C)C. The first-order valence-electron chi connectivity index (χ1n) is 9.93. The lowest BCUT2D eigenvalue weighted by Gasteiger charge is -2.32. The molecule has 0 N–H and O–H groups in total. The van der Waals surface area contributed by atoms with Gasteiger partial charge in [0.25, 0.3) is 0 Å². The van der Waals surface area contributed by atoms with Gasteiger partial charge in [0.05, 0.1) is 6.61 Å². The maximum atomic E-state index is 11.6. The van der Waals surface area contributed by atoms with E-state index in [0.29, 0.717) is 12.2 Å². The highest BCUT2D eigenvalue weighted by atomic mass is 16.5. The van der Waals surface area contributed by atoms with Crippen LogP contribution in [0.25, 0.3) is 0 Å². The van der Waals surface area contributed by atoms with E-state index < -0.39 is 0 Å². The quantitative estimate of drug-likeness (QED) is 0.274. The van der Waals surface area contributed by atoms with Crippen LogP contribution in [0.15, 0.2) is 70.4 Å². The van der Waals surface area contributed by atoms with Gasteiger partial charge in [-0.25, -0.2) is 4.79 Å². The predicted molar refractivity (Wildman–Crippen MR) is 117 cm³/mol. The molecule has 0 bridgehead atoms. The van der Waals surface area contributed by atoms with E-state index >= 15 is 0 Å². The number of esters is 1. The van der Waals surface area contributed by atoms with Gasteiger partial charge in [0, 0.05) is 5.57 Å². The lowest BCUT2D eigenvalue weighted by Crippen LogP contribution is -2.19. The summed E-state index contributed by atoms with van der Waals surface area (Å²) in [7, 11) is 0. The zero-order valence-electron chi connectivity index (χ0n) is 18.2.